The molecule has 0 radical (unpaired) electrons. The van der Waals surface area contributed by atoms with Crippen LogP contribution in [-0.4, -0.2) is 47.5 Å². The second-order valence-corrected chi connectivity index (χ2v) is 9.43. The van der Waals surface area contributed by atoms with Gasteiger partial charge in [0.25, 0.3) is 5.91 Å². The maximum atomic E-state index is 12.7. The van der Waals surface area contributed by atoms with Gasteiger partial charge in [-0.15, -0.1) is 0 Å². The summed E-state index contributed by atoms with van der Waals surface area (Å²) in [5, 5.41) is 12.6. The molecule has 0 aliphatic carbocycles. The Labute approximate surface area is 234 Å². The van der Waals surface area contributed by atoms with Crippen molar-refractivity contribution in [3.05, 3.63) is 125 Å². The number of anilines is 1. The lowest BCUT2D eigenvalue weighted by molar-refractivity contribution is -0.144. The molecule has 0 heterocycles. The molecule has 4 aromatic rings. The van der Waals surface area contributed by atoms with E-state index in [1.165, 1.54) is 6.07 Å². The predicted octanol–water partition coefficient (Wildman–Crippen LogP) is 5.91. The molecule has 204 valence electrons. The number of nitrogens with one attached hydrogen (secondary N) is 1. The summed E-state index contributed by atoms with van der Waals surface area (Å²) >= 11 is 0. The van der Waals surface area contributed by atoms with Crippen molar-refractivity contribution in [3.63, 3.8) is 0 Å². The fourth-order valence-corrected chi connectivity index (χ4v) is 4.48. The van der Waals surface area contributed by atoms with Gasteiger partial charge in [-0.2, -0.15) is 0 Å². The summed E-state index contributed by atoms with van der Waals surface area (Å²) in [4.78, 5) is 38.8. The van der Waals surface area contributed by atoms with Crippen LogP contribution in [0.4, 0.5) is 5.69 Å². The number of para-hydroxylation sites is 1. The van der Waals surface area contributed by atoms with Gasteiger partial charge >= 0.3 is 11.9 Å². The Morgan fingerprint density at radius 2 is 1.52 bits per heavy atom. The number of benzene rings is 4. The number of esters is 1. The molecule has 2 N–H and O–H groups in total. The Bertz CT molecular complexity index is 1470. The van der Waals surface area contributed by atoms with Gasteiger partial charge in [0.1, 0.15) is 6.04 Å². The van der Waals surface area contributed by atoms with Crippen LogP contribution in [0.3, 0.4) is 0 Å². The normalized spacial score (nSPS) is 11.3. The summed E-state index contributed by atoms with van der Waals surface area (Å²) in [7, 11) is 1.79. The van der Waals surface area contributed by atoms with E-state index in [4.69, 9.17) is 4.74 Å². The number of aromatic carboxylic acids is 1. The van der Waals surface area contributed by atoms with Gasteiger partial charge < -0.3 is 20.1 Å². The zero-order valence-electron chi connectivity index (χ0n) is 22.5. The van der Waals surface area contributed by atoms with Crippen LogP contribution in [0.2, 0.25) is 0 Å². The van der Waals surface area contributed by atoms with Crippen LogP contribution in [0.5, 0.6) is 0 Å². The minimum Gasteiger partial charge on any atom is -0.478 e. The first-order chi connectivity index (χ1) is 19.4. The van der Waals surface area contributed by atoms with Crippen molar-refractivity contribution in [2.24, 2.45) is 0 Å². The second-order valence-electron chi connectivity index (χ2n) is 9.43. The lowest BCUT2D eigenvalue weighted by atomic mass is 9.99. The first-order valence-corrected chi connectivity index (χ1v) is 13.1. The number of hydrogen-bond donors (Lipinski definition) is 2. The Morgan fingerprint density at radius 3 is 2.23 bits per heavy atom. The summed E-state index contributed by atoms with van der Waals surface area (Å²) in [6.45, 7) is 2.43. The van der Waals surface area contributed by atoms with Gasteiger partial charge in [-0.3, -0.25) is 4.79 Å². The number of carboxylic acids is 1. The van der Waals surface area contributed by atoms with Crippen LogP contribution >= 0.6 is 0 Å². The summed E-state index contributed by atoms with van der Waals surface area (Å²) in [5.74, 6) is -1.56. The van der Waals surface area contributed by atoms with E-state index in [1.54, 1.807) is 37.1 Å². The average molecular weight is 537 g/mol. The fourth-order valence-electron chi connectivity index (χ4n) is 4.48. The van der Waals surface area contributed by atoms with Gasteiger partial charge in [-0.05, 0) is 59.5 Å². The fraction of sp³-hybridized carbons (Fsp3) is 0.182. The molecule has 1 atom stereocenters. The highest BCUT2D eigenvalue weighted by atomic mass is 16.5. The highest BCUT2D eigenvalue weighted by Gasteiger charge is 2.22. The molecule has 7 nitrogen and oxygen atoms in total. The average Bonchev–Trinajstić information content (AvgIpc) is 2.97. The molecule has 40 heavy (non-hydrogen) atoms. The van der Waals surface area contributed by atoms with E-state index in [0.29, 0.717) is 24.2 Å². The van der Waals surface area contributed by atoms with E-state index in [2.05, 4.69) is 11.4 Å². The molecular weight excluding hydrogens is 504 g/mol. The van der Waals surface area contributed by atoms with Gasteiger partial charge in [0.05, 0.1) is 12.2 Å². The van der Waals surface area contributed by atoms with Crippen molar-refractivity contribution < 1.29 is 24.2 Å². The minimum atomic E-state index is -1.08. The molecular formula is C33H32N2O5. The Kier molecular flexibility index (Phi) is 9.31. The maximum Gasteiger partial charge on any atom is 0.337 e. The van der Waals surface area contributed by atoms with Gasteiger partial charge in [0.2, 0.25) is 0 Å². The number of carboxylic acid groups (broad SMARTS) is 1. The van der Waals surface area contributed by atoms with Gasteiger partial charge in [-0.1, -0.05) is 72.8 Å². The topological polar surface area (TPSA) is 95.9 Å². The van der Waals surface area contributed by atoms with E-state index in [0.717, 1.165) is 22.3 Å². The summed E-state index contributed by atoms with van der Waals surface area (Å²) in [5.41, 5.74) is 5.02. The quantitative estimate of drug-likeness (QED) is 0.231. The zero-order valence-corrected chi connectivity index (χ0v) is 22.5. The molecule has 7 heteroatoms. The highest BCUT2D eigenvalue weighted by molar-refractivity contribution is 5.95. The number of amides is 1. The molecule has 0 bridgehead atoms. The lowest BCUT2D eigenvalue weighted by Gasteiger charge is -2.20. The number of carbonyl (C=O) groups is 3. The number of hydrogen-bond acceptors (Lipinski definition) is 5. The number of nitrogens with zero attached hydrogens (tertiary/aromatic N) is 1. The van der Waals surface area contributed by atoms with Crippen LogP contribution in [-0.2, 0) is 22.5 Å². The van der Waals surface area contributed by atoms with Gasteiger partial charge in [-0.25, -0.2) is 9.59 Å². The minimum absolute atomic E-state index is 0.0360. The zero-order chi connectivity index (χ0) is 28.5. The van der Waals surface area contributed by atoms with Crippen LogP contribution < -0.4 is 5.32 Å². The standard InChI is InChI=1S/C33H32N2O5/c1-3-40-33(39)30(34-29-15-8-7-14-28(29)32(37)38)21-23-16-18-25(19-17-23)27-13-9-10-24(20-27)22-35(2)31(36)26-11-5-4-6-12-26/h4-20,30,34H,3,21-22H2,1-2H3,(H,37,38). The van der Waals surface area contributed by atoms with E-state index in [9.17, 15) is 19.5 Å². The number of rotatable bonds is 11. The van der Waals surface area contributed by atoms with E-state index < -0.39 is 18.0 Å². The molecule has 0 aliphatic heterocycles. The van der Waals surface area contributed by atoms with Crippen LogP contribution in [0.25, 0.3) is 11.1 Å². The molecule has 1 unspecified atom stereocenters. The molecule has 0 fully saturated rings. The molecule has 1 amide bonds. The number of ether oxygens (including phenoxy) is 1. The Balaban J connectivity index is 1.47. The van der Waals surface area contributed by atoms with Crippen LogP contribution in [0.1, 0.15) is 38.8 Å². The van der Waals surface area contributed by atoms with E-state index in [1.807, 2.05) is 72.8 Å². The van der Waals surface area contributed by atoms with Crippen molar-refractivity contribution in [2.75, 3.05) is 19.0 Å². The highest BCUT2D eigenvalue weighted by Crippen LogP contribution is 2.24. The van der Waals surface area contributed by atoms with Crippen LogP contribution in [0.15, 0.2) is 103 Å². The molecule has 0 saturated carbocycles. The lowest BCUT2D eigenvalue weighted by Crippen LogP contribution is -2.34. The van der Waals surface area contributed by atoms with Crippen molar-refractivity contribution in [1.29, 1.82) is 0 Å². The molecule has 0 aromatic heterocycles. The SMILES string of the molecule is CCOC(=O)C(Cc1ccc(-c2cccc(CN(C)C(=O)c3ccccc3)c2)cc1)Nc1ccccc1C(=O)O. The first-order valence-electron chi connectivity index (χ1n) is 13.1. The smallest absolute Gasteiger partial charge is 0.337 e. The van der Waals surface area contributed by atoms with Crippen molar-refractivity contribution in [3.8, 4) is 11.1 Å². The largest absolute Gasteiger partial charge is 0.478 e. The Morgan fingerprint density at radius 1 is 0.825 bits per heavy atom. The molecule has 0 spiro atoms. The maximum absolute atomic E-state index is 12.7. The van der Waals surface area contributed by atoms with E-state index in [-0.39, 0.29) is 18.1 Å². The second kappa shape index (κ2) is 13.2. The molecule has 0 aliphatic rings. The van der Waals surface area contributed by atoms with Crippen molar-refractivity contribution in [1.82, 2.24) is 4.90 Å². The Hall–Kier alpha value is -4.91. The van der Waals surface area contributed by atoms with Crippen molar-refractivity contribution in [2.45, 2.75) is 25.9 Å². The van der Waals surface area contributed by atoms with Gasteiger partial charge in [0.15, 0.2) is 0 Å². The monoisotopic (exact) mass is 536 g/mol. The third kappa shape index (κ3) is 7.14. The predicted molar refractivity (Wildman–Crippen MR) is 155 cm³/mol. The third-order valence-corrected chi connectivity index (χ3v) is 6.50. The summed E-state index contributed by atoms with van der Waals surface area (Å²) < 4.78 is 5.25. The van der Waals surface area contributed by atoms with E-state index >= 15 is 0 Å². The summed E-state index contributed by atoms with van der Waals surface area (Å²) in [6, 6.07) is 30.9. The van der Waals surface area contributed by atoms with Crippen molar-refractivity contribution >= 4 is 23.5 Å². The molecule has 4 rings (SSSR count). The summed E-state index contributed by atoms with van der Waals surface area (Å²) in [6.07, 6.45) is 0.319. The van der Waals surface area contributed by atoms with Crippen LogP contribution in [0, 0.1) is 0 Å². The van der Waals surface area contributed by atoms with Gasteiger partial charge in [0, 0.05) is 31.3 Å². The third-order valence-electron chi connectivity index (χ3n) is 6.50. The molecule has 0 saturated heterocycles. The molecule has 4 aromatic carbocycles. The first kappa shape index (κ1) is 28.1. The number of carbonyl (C=O) groups excluding carboxylic acids is 2.